The third-order valence-electron chi connectivity index (χ3n) is 5.64. The quantitative estimate of drug-likeness (QED) is 0.559. The monoisotopic (exact) mass is 448 g/mol. The minimum atomic E-state index is -0.377. The fourth-order valence-electron chi connectivity index (χ4n) is 4.08. The number of fused-ring (bicyclic) bond motifs is 1. The van der Waals surface area contributed by atoms with Crippen molar-refractivity contribution in [2.75, 3.05) is 19.1 Å². The molecule has 162 valence electrons. The lowest BCUT2D eigenvalue weighted by atomic mass is 9.98. The van der Waals surface area contributed by atoms with Crippen molar-refractivity contribution in [3.8, 4) is 17.2 Å². The summed E-state index contributed by atoms with van der Waals surface area (Å²) < 4.78 is 31.2. The third kappa shape index (κ3) is 3.44. The van der Waals surface area contributed by atoms with Crippen LogP contribution < -0.4 is 24.4 Å². The predicted octanol–water partition coefficient (Wildman–Crippen LogP) is 5.13. The molecule has 1 N–H and O–H groups in total. The first-order valence-corrected chi connectivity index (χ1v) is 10.6. The van der Waals surface area contributed by atoms with Gasteiger partial charge in [-0.3, -0.25) is 4.90 Å². The van der Waals surface area contributed by atoms with Crippen LogP contribution in [0.15, 0.2) is 78.2 Å². The van der Waals surface area contributed by atoms with E-state index in [1.807, 2.05) is 47.4 Å². The molecule has 0 unspecified atom stereocenters. The average Bonchev–Trinajstić information content (AvgIpc) is 2.83. The molecule has 32 heavy (non-hydrogen) atoms. The number of benzene rings is 3. The van der Waals surface area contributed by atoms with Crippen molar-refractivity contribution in [2.24, 2.45) is 0 Å². The van der Waals surface area contributed by atoms with Crippen LogP contribution in [0.25, 0.3) is 0 Å². The van der Waals surface area contributed by atoms with Crippen LogP contribution >= 0.6 is 12.2 Å². The summed E-state index contributed by atoms with van der Waals surface area (Å²) in [5.41, 5.74) is 3.55. The SMILES string of the molecule is COc1cccc([C@@H]2NC(=S)C3=C(Oc4c(cccc4OC)C3)N2c2ccc(F)cc2)c1. The van der Waals surface area contributed by atoms with Crippen molar-refractivity contribution < 1.29 is 18.6 Å². The van der Waals surface area contributed by atoms with Crippen LogP contribution in [0.2, 0.25) is 0 Å². The van der Waals surface area contributed by atoms with Crippen LogP contribution in [0.4, 0.5) is 10.1 Å². The van der Waals surface area contributed by atoms with Crippen LogP contribution in [-0.4, -0.2) is 19.2 Å². The Labute approximate surface area is 191 Å². The average molecular weight is 449 g/mol. The summed E-state index contributed by atoms with van der Waals surface area (Å²) in [5.74, 6) is 2.33. The Morgan fingerprint density at radius 1 is 1.03 bits per heavy atom. The third-order valence-corrected chi connectivity index (χ3v) is 6.00. The highest BCUT2D eigenvalue weighted by Crippen LogP contribution is 2.44. The first kappa shape index (κ1) is 20.3. The maximum atomic E-state index is 13.7. The molecule has 5 nitrogen and oxygen atoms in total. The van der Waals surface area contributed by atoms with Gasteiger partial charge in [0.1, 0.15) is 22.7 Å². The fraction of sp³-hybridized carbons (Fsp3) is 0.160. The highest BCUT2D eigenvalue weighted by molar-refractivity contribution is 7.80. The Bertz CT molecular complexity index is 1230. The number of hydrogen-bond donors (Lipinski definition) is 1. The van der Waals surface area contributed by atoms with Crippen molar-refractivity contribution in [1.29, 1.82) is 0 Å². The lowest BCUT2D eigenvalue weighted by Crippen LogP contribution is -2.49. The number of anilines is 1. The number of ether oxygens (including phenoxy) is 3. The minimum absolute atomic E-state index is 0.307. The van der Waals surface area contributed by atoms with Gasteiger partial charge in [0, 0.05) is 17.7 Å². The molecule has 5 rings (SSSR count). The molecule has 0 spiro atoms. The van der Waals surface area contributed by atoms with E-state index in [2.05, 4.69) is 5.32 Å². The summed E-state index contributed by atoms with van der Waals surface area (Å²) in [6, 6.07) is 19.9. The van der Waals surface area contributed by atoms with E-state index in [1.54, 1.807) is 26.4 Å². The first-order chi connectivity index (χ1) is 15.6. The van der Waals surface area contributed by atoms with Crippen LogP contribution in [0, 0.1) is 5.82 Å². The summed E-state index contributed by atoms with van der Waals surface area (Å²) in [6.45, 7) is 0. The Kier molecular flexibility index (Phi) is 5.19. The second-order valence-electron chi connectivity index (χ2n) is 7.51. The standard InChI is InChI=1S/C25H21FN2O3S/c1-29-19-7-3-6-16(13-19)23-27-24(32)20-14-15-5-4-8-21(30-2)22(15)31-25(20)28(23)18-11-9-17(26)10-12-18/h3-13,23H,14H2,1-2H3,(H,27,32)/t23-/m1/s1. The van der Waals surface area contributed by atoms with Gasteiger partial charge in [-0.2, -0.15) is 0 Å². The number of methoxy groups -OCH3 is 2. The van der Waals surface area contributed by atoms with E-state index in [9.17, 15) is 4.39 Å². The number of thiocarbonyl (C=S) groups is 1. The second-order valence-corrected chi connectivity index (χ2v) is 7.92. The van der Waals surface area contributed by atoms with Crippen molar-refractivity contribution in [1.82, 2.24) is 5.32 Å². The molecule has 0 aliphatic carbocycles. The van der Waals surface area contributed by atoms with E-state index in [1.165, 1.54) is 12.1 Å². The number of para-hydroxylation sites is 1. The smallest absolute Gasteiger partial charge is 0.209 e. The van der Waals surface area contributed by atoms with Gasteiger partial charge in [0.15, 0.2) is 11.5 Å². The summed E-state index contributed by atoms with van der Waals surface area (Å²) >= 11 is 5.76. The van der Waals surface area contributed by atoms with Crippen molar-refractivity contribution in [3.63, 3.8) is 0 Å². The molecule has 7 heteroatoms. The molecule has 0 bridgehead atoms. The summed E-state index contributed by atoms with van der Waals surface area (Å²) in [5, 5.41) is 3.44. The minimum Gasteiger partial charge on any atom is -0.497 e. The van der Waals surface area contributed by atoms with Gasteiger partial charge in [-0.1, -0.05) is 36.5 Å². The number of nitrogens with one attached hydrogen (secondary N) is 1. The highest BCUT2D eigenvalue weighted by atomic mass is 32.1. The van der Waals surface area contributed by atoms with E-state index in [0.717, 1.165) is 28.1 Å². The van der Waals surface area contributed by atoms with E-state index in [0.29, 0.717) is 28.8 Å². The molecule has 0 fully saturated rings. The van der Waals surface area contributed by atoms with Crippen molar-refractivity contribution >= 4 is 22.9 Å². The lowest BCUT2D eigenvalue weighted by molar-refractivity contribution is 0.327. The Morgan fingerprint density at radius 3 is 2.56 bits per heavy atom. The van der Waals surface area contributed by atoms with Gasteiger partial charge >= 0.3 is 0 Å². The van der Waals surface area contributed by atoms with Crippen LogP contribution in [0.1, 0.15) is 17.3 Å². The van der Waals surface area contributed by atoms with E-state index in [4.69, 9.17) is 26.4 Å². The summed E-state index contributed by atoms with van der Waals surface area (Å²) in [7, 11) is 3.25. The topological polar surface area (TPSA) is 43.0 Å². The highest BCUT2D eigenvalue weighted by Gasteiger charge is 2.38. The summed E-state index contributed by atoms with van der Waals surface area (Å²) in [6.07, 6.45) is 0.217. The lowest BCUT2D eigenvalue weighted by Gasteiger charge is -2.43. The molecule has 3 aromatic carbocycles. The Morgan fingerprint density at radius 2 is 1.81 bits per heavy atom. The second kappa shape index (κ2) is 8.16. The van der Waals surface area contributed by atoms with Crippen molar-refractivity contribution in [2.45, 2.75) is 12.6 Å². The molecule has 2 heterocycles. The summed E-state index contributed by atoms with van der Waals surface area (Å²) in [4.78, 5) is 2.61. The number of rotatable bonds is 4. The molecule has 0 aromatic heterocycles. The molecule has 2 aliphatic rings. The predicted molar refractivity (Wildman–Crippen MR) is 125 cm³/mol. The number of halogens is 1. The Hall–Kier alpha value is -3.58. The van der Waals surface area contributed by atoms with E-state index >= 15 is 0 Å². The number of nitrogens with zero attached hydrogens (tertiary/aromatic N) is 1. The molecular weight excluding hydrogens is 427 g/mol. The van der Waals surface area contributed by atoms with E-state index in [-0.39, 0.29) is 12.0 Å². The van der Waals surface area contributed by atoms with E-state index < -0.39 is 0 Å². The normalized spacial score (nSPS) is 17.2. The zero-order chi connectivity index (χ0) is 22.2. The van der Waals surface area contributed by atoms with Gasteiger partial charge in [0.2, 0.25) is 5.88 Å². The largest absolute Gasteiger partial charge is 0.497 e. The van der Waals surface area contributed by atoms with Crippen LogP contribution in [-0.2, 0) is 6.42 Å². The molecule has 0 amide bonds. The molecule has 0 radical (unpaired) electrons. The van der Waals surface area contributed by atoms with Gasteiger partial charge in [-0.25, -0.2) is 4.39 Å². The van der Waals surface area contributed by atoms with Gasteiger partial charge in [0.05, 0.1) is 19.8 Å². The van der Waals surface area contributed by atoms with Crippen molar-refractivity contribution in [3.05, 3.63) is 95.1 Å². The maximum absolute atomic E-state index is 13.7. The molecular formula is C25H21FN2O3S. The van der Waals surface area contributed by atoms with Crippen LogP contribution in [0.3, 0.4) is 0 Å². The molecule has 0 saturated carbocycles. The molecule has 2 aliphatic heterocycles. The van der Waals surface area contributed by atoms with Gasteiger partial charge in [-0.15, -0.1) is 0 Å². The molecule has 0 saturated heterocycles. The fourth-order valence-corrected chi connectivity index (χ4v) is 4.35. The zero-order valence-electron chi connectivity index (χ0n) is 17.6. The molecule has 3 aromatic rings. The first-order valence-electron chi connectivity index (χ1n) is 10.2. The maximum Gasteiger partial charge on any atom is 0.209 e. The Balaban J connectivity index is 1.67. The number of hydrogen-bond acceptors (Lipinski definition) is 5. The van der Waals surface area contributed by atoms with Gasteiger partial charge in [0.25, 0.3) is 0 Å². The zero-order valence-corrected chi connectivity index (χ0v) is 18.4. The van der Waals surface area contributed by atoms with Gasteiger partial charge in [-0.05, 0) is 48.0 Å². The van der Waals surface area contributed by atoms with Gasteiger partial charge < -0.3 is 19.5 Å². The molecule has 1 atom stereocenters. The van der Waals surface area contributed by atoms with Crippen LogP contribution in [0.5, 0.6) is 17.2 Å².